The quantitative estimate of drug-likeness (QED) is 0.722. The van der Waals surface area contributed by atoms with Crippen LogP contribution in [0.1, 0.15) is 65.2 Å². The van der Waals surface area contributed by atoms with Crippen LogP contribution in [0.15, 0.2) is 11.1 Å². The van der Waals surface area contributed by atoms with E-state index in [0.29, 0.717) is 0 Å². The van der Waals surface area contributed by atoms with E-state index in [1.54, 1.807) is 0 Å². The first-order valence-corrected chi connectivity index (χ1v) is 8.01. The number of allylic oxidation sites excluding steroid dienone is 1. The van der Waals surface area contributed by atoms with Crippen molar-refractivity contribution < 1.29 is 15.0 Å². The van der Waals surface area contributed by atoms with Gasteiger partial charge in [0.15, 0.2) is 0 Å². The maximum absolute atomic E-state index is 11.8. The third-order valence-corrected chi connectivity index (χ3v) is 6.49. The monoisotopic (exact) mass is 278 g/mol. The van der Waals surface area contributed by atoms with Crippen LogP contribution in [0.3, 0.4) is 0 Å². The Hall–Kier alpha value is -0.830. The van der Waals surface area contributed by atoms with Gasteiger partial charge in [0.2, 0.25) is 0 Å². The summed E-state index contributed by atoms with van der Waals surface area (Å²) in [5.74, 6) is -0.404. The fourth-order valence-corrected chi connectivity index (χ4v) is 5.33. The zero-order valence-electron chi connectivity index (χ0n) is 12.6. The molecule has 0 aromatic rings. The van der Waals surface area contributed by atoms with Crippen LogP contribution in [0.25, 0.3) is 0 Å². The van der Waals surface area contributed by atoms with E-state index in [4.69, 9.17) is 0 Å². The minimum absolute atomic E-state index is 0.000370. The van der Waals surface area contributed by atoms with Gasteiger partial charge >= 0.3 is 5.97 Å². The highest BCUT2D eigenvalue weighted by Crippen LogP contribution is 2.61. The van der Waals surface area contributed by atoms with Gasteiger partial charge in [-0.3, -0.25) is 4.79 Å². The fraction of sp³-hybridized carbons (Fsp3) is 0.824. The van der Waals surface area contributed by atoms with Gasteiger partial charge in [0.05, 0.1) is 11.5 Å². The topological polar surface area (TPSA) is 57.5 Å². The summed E-state index contributed by atoms with van der Waals surface area (Å²) in [5, 5.41) is 19.8. The van der Waals surface area contributed by atoms with E-state index in [1.807, 2.05) is 6.92 Å². The van der Waals surface area contributed by atoms with Gasteiger partial charge in [-0.2, -0.15) is 0 Å². The molecule has 3 aliphatic rings. The molecule has 20 heavy (non-hydrogen) atoms. The van der Waals surface area contributed by atoms with Crippen LogP contribution in [0, 0.1) is 16.7 Å². The first-order valence-electron chi connectivity index (χ1n) is 8.01. The van der Waals surface area contributed by atoms with E-state index in [9.17, 15) is 15.0 Å². The normalized spacial score (nSPS) is 44.8. The number of hydrogen-bond acceptors (Lipinski definition) is 2. The maximum Gasteiger partial charge on any atom is 0.309 e. The van der Waals surface area contributed by atoms with Crippen LogP contribution in [-0.2, 0) is 4.79 Å². The van der Waals surface area contributed by atoms with Crippen molar-refractivity contribution >= 4 is 5.97 Å². The second-order valence-corrected chi connectivity index (χ2v) is 7.56. The van der Waals surface area contributed by atoms with Crippen molar-refractivity contribution in [2.45, 2.75) is 71.3 Å². The summed E-state index contributed by atoms with van der Waals surface area (Å²) >= 11 is 0. The molecule has 0 spiro atoms. The molecule has 0 radical (unpaired) electrons. The van der Waals surface area contributed by atoms with E-state index >= 15 is 0 Å². The molecule has 3 heteroatoms. The molecule has 0 aromatic carbocycles. The second kappa shape index (κ2) is 4.59. The highest BCUT2D eigenvalue weighted by molar-refractivity contribution is 5.75. The molecule has 4 atom stereocenters. The van der Waals surface area contributed by atoms with Crippen molar-refractivity contribution in [2.75, 3.05) is 0 Å². The van der Waals surface area contributed by atoms with Crippen LogP contribution in [0.5, 0.6) is 0 Å². The number of fused-ring (bicyclic) bond motifs is 2. The Bertz CT molecular complexity index is 467. The number of carbonyl (C=O) groups is 1. The lowest BCUT2D eigenvalue weighted by atomic mass is 9.48. The fourth-order valence-electron chi connectivity index (χ4n) is 5.33. The van der Waals surface area contributed by atoms with Gasteiger partial charge in [0.1, 0.15) is 0 Å². The summed E-state index contributed by atoms with van der Waals surface area (Å²) in [5.41, 5.74) is 2.36. The third kappa shape index (κ3) is 1.86. The summed E-state index contributed by atoms with van der Waals surface area (Å²) in [6.07, 6.45) is 7.39. The largest absolute Gasteiger partial charge is 0.481 e. The smallest absolute Gasteiger partial charge is 0.309 e. The van der Waals surface area contributed by atoms with Crippen LogP contribution in [-0.4, -0.2) is 22.3 Å². The van der Waals surface area contributed by atoms with Crippen LogP contribution < -0.4 is 0 Å². The van der Waals surface area contributed by atoms with Gasteiger partial charge in [-0.15, -0.1) is 0 Å². The van der Waals surface area contributed by atoms with E-state index < -0.39 is 11.4 Å². The van der Waals surface area contributed by atoms with Gasteiger partial charge < -0.3 is 10.2 Å². The molecule has 0 bridgehead atoms. The average Bonchev–Trinajstić information content (AvgIpc) is 2.39. The Morgan fingerprint density at radius 1 is 1.20 bits per heavy atom. The summed E-state index contributed by atoms with van der Waals surface area (Å²) in [7, 11) is 0. The van der Waals surface area contributed by atoms with Gasteiger partial charge in [-0.25, -0.2) is 0 Å². The first kappa shape index (κ1) is 14.1. The zero-order valence-corrected chi connectivity index (χ0v) is 12.6. The molecule has 0 unspecified atom stereocenters. The molecule has 0 saturated heterocycles. The lowest BCUT2D eigenvalue weighted by Gasteiger charge is -2.55. The number of hydrogen-bond donors (Lipinski definition) is 2. The predicted octanol–water partition coefficient (Wildman–Crippen LogP) is 3.52. The lowest BCUT2D eigenvalue weighted by Crippen LogP contribution is -2.51. The van der Waals surface area contributed by atoms with E-state index in [1.165, 1.54) is 11.1 Å². The molecule has 0 amide bonds. The highest BCUT2D eigenvalue weighted by Gasteiger charge is 2.56. The number of carboxylic acids is 1. The molecule has 1 fully saturated rings. The van der Waals surface area contributed by atoms with Crippen LogP contribution in [0.2, 0.25) is 0 Å². The summed E-state index contributed by atoms with van der Waals surface area (Å²) < 4.78 is 0. The predicted molar refractivity (Wildman–Crippen MR) is 77.3 cm³/mol. The molecule has 0 heterocycles. The van der Waals surface area contributed by atoms with Crippen molar-refractivity contribution in [3.63, 3.8) is 0 Å². The molecule has 112 valence electrons. The molecular weight excluding hydrogens is 252 g/mol. The summed E-state index contributed by atoms with van der Waals surface area (Å²) in [4.78, 5) is 11.8. The molecule has 3 nitrogen and oxygen atoms in total. The van der Waals surface area contributed by atoms with E-state index in [-0.39, 0.29) is 17.4 Å². The minimum Gasteiger partial charge on any atom is -0.481 e. The Labute approximate surface area is 121 Å². The SMILES string of the molecule is C[C@]1(C(=O)O)CCC[C@]2(C)C3=C(CC[C@H](O)C3)CC[C@H]12. The summed E-state index contributed by atoms with van der Waals surface area (Å²) in [6, 6.07) is 0. The summed E-state index contributed by atoms with van der Waals surface area (Å²) in [6.45, 7) is 4.22. The zero-order chi connectivity index (χ0) is 14.5. The molecule has 0 aliphatic heterocycles. The van der Waals surface area contributed by atoms with Crippen molar-refractivity contribution in [2.24, 2.45) is 16.7 Å². The number of rotatable bonds is 1. The number of aliphatic hydroxyl groups is 1. The lowest BCUT2D eigenvalue weighted by molar-refractivity contribution is -0.159. The Balaban J connectivity index is 2.03. The standard InChI is InChI=1S/C17H26O3/c1-16-8-3-9-17(2,15(19)20)14(16)7-5-11-4-6-12(18)10-13(11)16/h12,14,18H,3-10H2,1-2H3,(H,19,20)/t12-,14-,16+,17-/m0/s1. The van der Waals surface area contributed by atoms with Crippen molar-refractivity contribution in [1.29, 1.82) is 0 Å². The highest BCUT2D eigenvalue weighted by atomic mass is 16.4. The molecule has 2 N–H and O–H groups in total. The molecule has 3 aliphatic carbocycles. The maximum atomic E-state index is 11.8. The van der Waals surface area contributed by atoms with Crippen molar-refractivity contribution in [3.05, 3.63) is 11.1 Å². The number of carboxylic acid groups (broad SMARTS) is 1. The molecule has 0 aromatic heterocycles. The van der Waals surface area contributed by atoms with Gasteiger partial charge in [-0.05, 0) is 63.2 Å². The van der Waals surface area contributed by atoms with E-state index in [0.717, 1.165) is 51.4 Å². The first-order chi connectivity index (χ1) is 9.38. The Morgan fingerprint density at radius 2 is 1.90 bits per heavy atom. The van der Waals surface area contributed by atoms with Gasteiger partial charge in [0, 0.05) is 0 Å². The molecule has 3 rings (SSSR count). The van der Waals surface area contributed by atoms with Gasteiger partial charge in [-0.1, -0.05) is 24.5 Å². The Morgan fingerprint density at radius 3 is 2.60 bits per heavy atom. The number of aliphatic hydroxyl groups excluding tert-OH is 1. The van der Waals surface area contributed by atoms with Gasteiger partial charge in [0.25, 0.3) is 0 Å². The molecule has 1 saturated carbocycles. The molecular formula is C17H26O3. The number of aliphatic carboxylic acids is 1. The second-order valence-electron chi connectivity index (χ2n) is 7.56. The Kier molecular flexibility index (Phi) is 3.24. The van der Waals surface area contributed by atoms with Crippen LogP contribution in [0.4, 0.5) is 0 Å². The third-order valence-electron chi connectivity index (χ3n) is 6.49. The average molecular weight is 278 g/mol. The van der Waals surface area contributed by atoms with Crippen molar-refractivity contribution in [1.82, 2.24) is 0 Å². The van der Waals surface area contributed by atoms with Crippen LogP contribution >= 0.6 is 0 Å². The minimum atomic E-state index is -0.631. The van der Waals surface area contributed by atoms with Crippen molar-refractivity contribution in [3.8, 4) is 0 Å². The van der Waals surface area contributed by atoms with E-state index in [2.05, 4.69) is 6.92 Å².